The van der Waals surface area contributed by atoms with Crippen LogP contribution in [-0.2, 0) is 17.6 Å². The Morgan fingerprint density at radius 3 is 1.88 bits per heavy atom. The lowest BCUT2D eigenvalue weighted by molar-refractivity contribution is -0.118. The number of aryl methyl sites for hydroxylation is 1. The highest BCUT2D eigenvalue weighted by Gasteiger charge is 2.03. The van der Waals surface area contributed by atoms with E-state index < -0.39 is 0 Å². The molecule has 0 unspecified atom stereocenters. The number of Topliss-reactive ketones (excluding diaryl/α,β-unsaturated/α-hetero) is 1. The summed E-state index contributed by atoms with van der Waals surface area (Å²) >= 11 is 0. The lowest BCUT2D eigenvalue weighted by Gasteiger charge is -2.08. The van der Waals surface area contributed by atoms with Crippen molar-refractivity contribution in [2.75, 3.05) is 7.05 Å². The summed E-state index contributed by atoms with van der Waals surface area (Å²) in [4.78, 5) is 11.2. The molecule has 0 heterocycles. The molecule has 0 bridgehead atoms. The molecule has 2 heteroatoms. The van der Waals surface area contributed by atoms with E-state index in [1.807, 2.05) is 20.8 Å². The van der Waals surface area contributed by atoms with E-state index in [0.717, 1.165) is 19.3 Å². The zero-order valence-electron chi connectivity index (χ0n) is 27.4. The maximum absolute atomic E-state index is 11.2. The van der Waals surface area contributed by atoms with Gasteiger partial charge in [0.15, 0.2) is 0 Å². The number of hydrogen-bond donors (Lipinski definition) is 1. The van der Waals surface area contributed by atoms with Gasteiger partial charge >= 0.3 is 0 Å². The summed E-state index contributed by atoms with van der Waals surface area (Å²) in [6, 6.07) is 19.5. The summed E-state index contributed by atoms with van der Waals surface area (Å²) in [5.41, 5.74) is 11.5. The number of nitrogens with two attached hydrogens (primary N) is 1. The van der Waals surface area contributed by atoms with Crippen LogP contribution in [0.3, 0.4) is 0 Å². The van der Waals surface area contributed by atoms with Gasteiger partial charge in [-0.05, 0) is 67.8 Å². The molecule has 1 aliphatic carbocycles. The highest BCUT2D eigenvalue weighted by Crippen LogP contribution is 2.22. The van der Waals surface area contributed by atoms with Gasteiger partial charge in [-0.1, -0.05) is 158 Å². The van der Waals surface area contributed by atoms with Crippen molar-refractivity contribution in [2.45, 2.75) is 125 Å². The van der Waals surface area contributed by atoms with Crippen molar-refractivity contribution in [3.8, 4) is 0 Å². The molecule has 3 rings (SSSR count). The largest absolute Gasteiger partial charge is 0.333 e. The molecule has 228 valence electrons. The Hall–Kier alpha value is -2.71. The Balaban J connectivity index is 0.000000701. The van der Waals surface area contributed by atoms with Gasteiger partial charge in [0.2, 0.25) is 0 Å². The molecule has 2 aromatic rings. The number of ketones is 1. The highest BCUT2D eigenvalue weighted by molar-refractivity contribution is 5.81. The minimum atomic E-state index is 0.367. The average Bonchev–Trinajstić information content (AvgIpc) is 2.99. The molecular weight excluding hydrogens is 498 g/mol. The van der Waals surface area contributed by atoms with Crippen LogP contribution >= 0.6 is 0 Å². The number of allylic oxidation sites excluding steroid dienone is 6. The monoisotopic (exact) mass is 559 g/mol. The molecular formula is C39H61NO. The predicted molar refractivity (Wildman–Crippen MR) is 184 cm³/mol. The molecule has 0 atom stereocenters. The second kappa shape index (κ2) is 27.5. The van der Waals surface area contributed by atoms with E-state index in [9.17, 15) is 4.79 Å². The summed E-state index contributed by atoms with van der Waals surface area (Å²) in [6.07, 6.45) is 25.5. The first kappa shape index (κ1) is 38.3. The predicted octanol–water partition coefficient (Wildman–Crippen LogP) is 11.2. The van der Waals surface area contributed by atoms with E-state index >= 15 is 0 Å². The molecule has 0 radical (unpaired) electrons. The van der Waals surface area contributed by atoms with E-state index in [0.29, 0.717) is 18.6 Å². The van der Waals surface area contributed by atoms with Gasteiger partial charge in [0.25, 0.3) is 0 Å². The maximum atomic E-state index is 11.2. The topological polar surface area (TPSA) is 43.1 Å². The molecule has 0 aromatic heterocycles. The molecule has 0 amide bonds. The molecule has 41 heavy (non-hydrogen) atoms. The van der Waals surface area contributed by atoms with Crippen LogP contribution in [0.15, 0.2) is 84.5 Å². The van der Waals surface area contributed by atoms with Gasteiger partial charge in [0, 0.05) is 12.8 Å². The van der Waals surface area contributed by atoms with Gasteiger partial charge in [-0.3, -0.25) is 4.79 Å². The first-order valence-corrected chi connectivity index (χ1v) is 16.4. The van der Waals surface area contributed by atoms with E-state index in [2.05, 4.69) is 98.5 Å². The third-order valence-electron chi connectivity index (χ3n) is 7.02. The maximum Gasteiger partial charge on any atom is 0.132 e. The van der Waals surface area contributed by atoms with Crippen LogP contribution < -0.4 is 5.73 Å². The van der Waals surface area contributed by atoms with Gasteiger partial charge in [-0.15, -0.1) is 0 Å². The zero-order valence-corrected chi connectivity index (χ0v) is 27.4. The number of benzene rings is 2. The van der Waals surface area contributed by atoms with Crippen molar-refractivity contribution in [2.24, 2.45) is 5.73 Å². The fourth-order valence-corrected chi connectivity index (χ4v) is 4.63. The summed E-state index contributed by atoms with van der Waals surface area (Å²) < 4.78 is 0. The number of carbonyl (C=O) groups is 1. The fraction of sp³-hybridized carbons (Fsp3) is 0.513. The van der Waals surface area contributed by atoms with E-state index in [1.54, 1.807) is 5.57 Å². The van der Waals surface area contributed by atoms with Crippen LogP contribution in [-0.4, -0.2) is 12.8 Å². The Morgan fingerprint density at radius 2 is 1.34 bits per heavy atom. The van der Waals surface area contributed by atoms with Crippen LogP contribution in [0.1, 0.15) is 128 Å². The zero-order chi connectivity index (χ0) is 30.6. The van der Waals surface area contributed by atoms with Crippen molar-refractivity contribution >= 4 is 11.4 Å². The van der Waals surface area contributed by atoms with E-state index in [1.165, 1.54) is 87.1 Å². The standard InChI is InChI=1S/C20H32.C16H18O.C2H6.CH5N/c1-3-5-6-7-8-9-11-15-19(14-4-2)18-20-16-12-10-13-17-20;1-2-16(17)8-3-5-13-9-11-15(12-10-13)14-6-4-7-14;2*1-2/h10,12-14,16-17H,3-9,11,15,18H2,1-2H3;4,6-7,9-12H,2-3,5,8H2,1H3;1-2H3;2H2,1H3/b19-14-;;;. The second-order valence-corrected chi connectivity index (χ2v) is 10.2. The van der Waals surface area contributed by atoms with Crippen molar-refractivity contribution in [3.63, 3.8) is 0 Å². The van der Waals surface area contributed by atoms with E-state index in [-0.39, 0.29) is 0 Å². The summed E-state index contributed by atoms with van der Waals surface area (Å²) in [5, 5.41) is 0. The second-order valence-electron chi connectivity index (χ2n) is 10.2. The summed E-state index contributed by atoms with van der Waals surface area (Å²) in [6.45, 7) is 10.5. The van der Waals surface area contributed by atoms with Gasteiger partial charge in [-0.25, -0.2) is 0 Å². The normalized spacial score (nSPS) is 11.5. The molecule has 2 N–H and O–H groups in total. The summed E-state index contributed by atoms with van der Waals surface area (Å²) in [7, 11) is 1.50. The lowest BCUT2D eigenvalue weighted by atomic mass is 9.97. The minimum Gasteiger partial charge on any atom is -0.333 e. The van der Waals surface area contributed by atoms with Crippen molar-refractivity contribution in [1.82, 2.24) is 0 Å². The third kappa shape index (κ3) is 19.1. The quantitative estimate of drug-likeness (QED) is 0.155. The number of rotatable bonds is 17. The van der Waals surface area contributed by atoms with Crippen LogP contribution in [0.2, 0.25) is 0 Å². The molecule has 2 nitrogen and oxygen atoms in total. The van der Waals surface area contributed by atoms with Crippen molar-refractivity contribution in [1.29, 1.82) is 0 Å². The average molecular weight is 560 g/mol. The number of carbonyl (C=O) groups excluding carboxylic acids is 1. The molecule has 0 fully saturated rings. The molecule has 0 aliphatic heterocycles. The first-order chi connectivity index (χ1) is 20.2. The molecule has 0 spiro atoms. The SMILES string of the molecule is CC.CC/C=C(/CCCCCCCCC)Cc1ccccc1.CCC(=O)CCCc1ccc(C2=CC=C2)cc1.CN. The molecule has 0 saturated heterocycles. The third-order valence-corrected chi connectivity index (χ3v) is 7.02. The highest BCUT2D eigenvalue weighted by atomic mass is 16.1. The van der Waals surface area contributed by atoms with Crippen molar-refractivity contribution in [3.05, 3.63) is 101 Å². The summed E-state index contributed by atoms with van der Waals surface area (Å²) in [5.74, 6) is 0.367. The number of hydrogen-bond acceptors (Lipinski definition) is 2. The molecule has 1 aliphatic rings. The minimum absolute atomic E-state index is 0.367. The van der Waals surface area contributed by atoms with Gasteiger partial charge in [-0.2, -0.15) is 0 Å². The van der Waals surface area contributed by atoms with Crippen LogP contribution in [0.5, 0.6) is 0 Å². The lowest BCUT2D eigenvalue weighted by Crippen LogP contribution is -1.96. The van der Waals surface area contributed by atoms with Crippen LogP contribution in [0.4, 0.5) is 0 Å². The Morgan fingerprint density at radius 1 is 0.732 bits per heavy atom. The van der Waals surface area contributed by atoms with Gasteiger partial charge in [0.05, 0.1) is 0 Å². The smallest absolute Gasteiger partial charge is 0.132 e. The Kier molecular flexibility index (Phi) is 25.6. The molecule has 0 saturated carbocycles. The molecule has 2 aromatic carbocycles. The van der Waals surface area contributed by atoms with Crippen LogP contribution in [0.25, 0.3) is 5.57 Å². The van der Waals surface area contributed by atoms with E-state index in [4.69, 9.17) is 0 Å². The van der Waals surface area contributed by atoms with Gasteiger partial charge < -0.3 is 5.73 Å². The first-order valence-electron chi connectivity index (χ1n) is 16.4. The Bertz CT molecular complexity index is 966. The number of unbranched alkanes of at least 4 members (excludes halogenated alkanes) is 6. The van der Waals surface area contributed by atoms with Crippen molar-refractivity contribution < 1.29 is 4.79 Å². The Labute approximate surface area is 254 Å². The van der Waals surface area contributed by atoms with Crippen LogP contribution in [0, 0.1) is 0 Å². The van der Waals surface area contributed by atoms with Gasteiger partial charge in [0.1, 0.15) is 5.78 Å². The fourth-order valence-electron chi connectivity index (χ4n) is 4.63.